The molecule has 0 saturated carbocycles. The molecule has 1 amide bonds. The minimum atomic E-state index is -0.894. The molecule has 0 bridgehead atoms. The Bertz CT molecular complexity index is 496. The van der Waals surface area contributed by atoms with Crippen LogP contribution in [0.2, 0.25) is 5.02 Å². The van der Waals surface area contributed by atoms with E-state index >= 15 is 0 Å². The molecule has 1 rings (SSSR count). The third-order valence-corrected chi connectivity index (χ3v) is 2.03. The summed E-state index contributed by atoms with van der Waals surface area (Å²) in [4.78, 5) is 31.3. The van der Waals surface area contributed by atoms with Gasteiger partial charge in [0.1, 0.15) is 5.75 Å². The van der Waals surface area contributed by atoms with E-state index in [-0.39, 0.29) is 10.8 Å². The Morgan fingerprint density at radius 2 is 2.12 bits per heavy atom. The van der Waals surface area contributed by atoms with Gasteiger partial charge in [0.2, 0.25) is 0 Å². The predicted octanol–water partition coefficient (Wildman–Crippen LogP) is 2.57. The quantitative estimate of drug-likeness (QED) is 0.359. The fraction of sp³-hybridized carbons (Fsp3) is 0.0909. The standard InChI is InChI=1S/C11H8ClNO4/c1-7(14)17-10-6-8(2-4-9(10)12)3-5-11(15)13-16/h2-6H,1H3. The number of halogens is 1. The molecule has 0 heterocycles. The van der Waals surface area contributed by atoms with Crippen molar-refractivity contribution in [3.05, 3.63) is 39.8 Å². The van der Waals surface area contributed by atoms with Crippen LogP contribution in [0.1, 0.15) is 12.5 Å². The first-order chi connectivity index (χ1) is 8.02. The number of esters is 1. The lowest BCUT2D eigenvalue weighted by Gasteiger charge is -2.04. The topological polar surface area (TPSA) is 72.8 Å². The molecule has 0 fully saturated rings. The molecule has 0 spiro atoms. The summed E-state index contributed by atoms with van der Waals surface area (Å²) in [6.07, 6.45) is 2.38. The number of nitrogens with zero attached hydrogens (tertiary/aromatic N) is 1. The van der Waals surface area contributed by atoms with Crippen LogP contribution in [-0.2, 0) is 9.59 Å². The molecule has 17 heavy (non-hydrogen) atoms. The number of hydrogen-bond acceptors (Lipinski definition) is 4. The van der Waals surface area contributed by atoms with Gasteiger partial charge in [-0.1, -0.05) is 17.7 Å². The Labute approximate surface area is 102 Å². The zero-order valence-electron chi connectivity index (χ0n) is 8.84. The summed E-state index contributed by atoms with van der Waals surface area (Å²) >= 11 is 5.79. The van der Waals surface area contributed by atoms with Gasteiger partial charge in [-0.05, 0) is 23.8 Å². The normalized spacial score (nSPS) is 10.2. The van der Waals surface area contributed by atoms with Crippen molar-refractivity contribution < 1.29 is 14.3 Å². The van der Waals surface area contributed by atoms with E-state index in [9.17, 15) is 14.5 Å². The fourth-order valence-corrected chi connectivity index (χ4v) is 1.21. The number of nitroso groups, excluding NO2 is 1. The highest BCUT2D eigenvalue weighted by atomic mass is 35.5. The smallest absolute Gasteiger partial charge is 0.309 e. The molecule has 0 atom stereocenters. The van der Waals surface area contributed by atoms with Gasteiger partial charge in [-0.2, -0.15) is 0 Å². The minimum Gasteiger partial charge on any atom is -0.425 e. The maximum absolute atomic E-state index is 10.8. The van der Waals surface area contributed by atoms with Crippen molar-refractivity contribution in [3.8, 4) is 5.75 Å². The highest BCUT2D eigenvalue weighted by molar-refractivity contribution is 6.32. The van der Waals surface area contributed by atoms with Crippen LogP contribution in [0.25, 0.3) is 6.08 Å². The number of carbonyl (C=O) groups is 2. The maximum atomic E-state index is 10.8. The zero-order chi connectivity index (χ0) is 12.8. The van der Waals surface area contributed by atoms with Gasteiger partial charge in [0, 0.05) is 18.2 Å². The van der Waals surface area contributed by atoms with Crippen molar-refractivity contribution >= 4 is 29.6 Å². The van der Waals surface area contributed by atoms with E-state index in [1.807, 2.05) is 0 Å². The molecule has 1 aromatic carbocycles. The molecule has 0 saturated heterocycles. The zero-order valence-corrected chi connectivity index (χ0v) is 9.60. The lowest BCUT2D eigenvalue weighted by Crippen LogP contribution is -2.01. The van der Waals surface area contributed by atoms with Crippen molar-refractivity contribution in [2.24, 2.45) is 5.18 Å². The highest BCUT2D eigenvalue weighted by Gasteiger charge is 2.04. The lowest BCUT2D eigenvalue weighted by atomic mass is 10.2. The van der Waals surface area contributed by atoms with Crippen LogP contribution in [0.4, 0.5) is 0 Å². The monoisotopic (exact) mass is 253 g/mol. The van der Waals surface area contributed by atoms with Crippen LogP contribution in [0.5, 0.6) is 5.75 Å². The number of rotatable bonds is 3. The van der Waals surface area contributed by atoms with Crippen LogP contribution in [0, 0.1) is 4.91 Å². The lowest BCUT2D eigenvalue weighted by molar-refractivity contribution is -0.131. The van der Waals surface area contributed by atoms with Crippen LogP contribution < -0.4 is 4.74 Å². The Kier molecular flexibility index (Phi) is 4.54. The van der Waals surface area contributed by atoms with Crippen LogP contribution in [0.15, 0.2) is 29.5 Å². The Morgan fingerprint density at radius 3 is 2.71 bits per heavy atom. The van der Waals surface area contributed by atoms with Crippen molar-refractivity contribution in [2.45, 2.75) is 6.92 Å². The molecule has 0 aliphatic carbocycles. The third-order valence-electron chi connectivity index (χ3n) is 1.72. The first-order valence-electron chi connectivity index (χ1n) is 4.56. The van der Waals surface area contributed by atoms with Gasteiger partial charge < -0.3 is 4.74 Å². The molecule has 0 aliphatic rings. The van der Waals surface area contributed by atoms with Gasteiger partial charge >= 0.3 is 11.9 Å². The molecule has 0 unspecified atom stereocenters. The molecule has 0 aromatic heterocycles. The number of ether oxygens (including phenoxy) is 1. The summed E-state index contributed by atoms with van der Waals surface area (Å²) in [5, 5.41) is 2.48. The predicted molar refractivity (Wildman–Crippen MR) is 62.6 cm³/mol. The Morgan fingerprint density at radius 1 is 1.41 bits per heavy atom. The van der Waals surface area contributed by atoms with Crippen LogP contribution in [0.3, 0.4) is 0 Å². The van der Waals surface area contributed by atoms with E-state index in [1.54, 1.807) is 6.07 Å². The molecule has 0 N–H and O–H groups in total. The summed E-state index contributed by atoms with van der Waals surface area (Å²) in [6, 6.07) is 4.58. The SMILES string of the molecule is CC(=O)Oc1cc(C=CC(=O)N=O)ccc1Cl. The second kappa shape index (κ2) is 5.91. The maximum Gasteiger partial charge on any atom is 0.309 e. The third kappa shape index (κ3) is 4.16. The summed E-state index contributed by atoms with van der Waals surface area (Å²) in [6.45, 7) is 1.25. The fourth-order valence-electron chi connectivity index (χ4n) is 1.05. The van der Waals surface area contributed by atoms with Crippen LogP contribution >= 0.6 is 11.6 Å². The number of benzene rings is 1. The molecule has 88 valence electrons. The van der Waals surface area contributed by atoms with Crippen molar-refractivity contribution in [2.75, 3.05) is 0 Å². The number of carbonyl (C=O) groups excluding carboxylic acids is 2. The van der Waals surface area contributed by atoms with Crippen LogP contribution in [-0.4, -0.2) is 11.9 Å². The molecular formula is C11H8ClNO4. The van der Waals surface area contributed by atoms with E-state index in [4.69, 9.17) is 16.3 Å². The van der Waals surface area contributed by atoms with Gasteiger partial charge in [-0.15, -0.1) is 4.91 Å². The summed E-state index contributed by atoms with van der Waals surface area (Å²) in [5.74, 6) is -1.21. The average Bonchev–Trinajstić information content (AvgIpc) is 2.29. The van der Waals surface area contributed by atoms with E-state index < -0.39 is 11.9 Å². The van der Waals surface area contributed by atoms with E-state index in [0.717, 1.165) is 6.08 Å². The van der Waals surface area contributed by atoms with Gasteiger partial charge in [-0.25, -0.2) is 0 Å². The molecule has 0 radical (unpaired) electrons. The van der Waals surface area contributed by atoms with Crippen molar-refractivity contribution in [1.82, 2.24) is 0 Å². The minimum absolute atomic E-state index is 0.188. The first kappa shape index (κ1) is 13.1. The largest absolute Gasteiger partial charge is 0.425 e. The number of amides is 1. The van der Waals surface area contributed by atoms with E-state index in [2.05, 4.69) is 5.18 Å². The van der Waals surface area contributed by atoms with Crippen molar-refractivity contribution in [1.29, 1.82) is 0 Å². The summed E-state index contributed by atoms with van der Waals surface area (Å²) in [5.41, 5.74) is 0.558. The molecular weight excluding hydrogens is 246 g/mol. The number of hydrogen-bond donors (Lipinski definition) is 0. The highest BCUT2D eigenvalue weighted by Crippen LogP contribution is 2.26. The van der Waals surface area contributed by atoms with E-state index in [0.29, 0.717) is 5.56 Å². The average molecular weight is 254 g/mol. The summed E-state index contributed by atoms with van der Waals surface area (Å²) < 4.78 is 4.84. The van der Waals surface area contributed by atoms with Gasteiger partial charge in [0.25, 0.3) is 0 Å². The van der Waals surface area contributed by atoms with E-state index in [1.165, 1.54) is 25.1 Å². The Hall–Kier alpha value is -2.01. The second-order valence-corrected chi connectivity index (χ2v) is 3.45. The van der Waals surface area contributed by atoms with Crippen molar-refractivity contribution in [3.63, 3.8) is 0 Å². The summed E-state index contributed by atoms with van der Waals surface area (Å²) in [7, 11) is 0. The molecule has 5 nitrogen and oxygen atoms in total. The Balaban J connectivity index is 2.95. The van der Waals surface area contributed by atoms with Gasteiger partial charge in [0.15, 0.2) is 0 Å². The van der Waals surface area contributed by atoms with Gasteiger partial charge in [0.05, 0.1) is 5.02 Å². The molecule has 1 aromatic rings. The second-order valence-electron chi connectivity index (χ2n) is 3.05. The first-order valence-corrected chi connectivity index (χ1v) is 4.94. The molecule has 0 aliphatic heterocycles. The van der Waals surface area contributed by atoms with Gasteiger partial charge in [-0.3, -0.25) is 9.59 Å². The molecule has 6 heteroatoms.